The molecule has 1 aliphatic rings. The molecule has 13 heavy (non-hydrogen) atoms. The van der Waals surface area contributed by atoms with Crippen LogP contribution in [0.4, 0.5) is 4.39 Å². The molecule has 2 nitrogen and oxygen atoms in total. The van der Waals surface area contributed by atoms with E-state index in [1.807, 2.05) is 0 Å². The molecule has 0 bridgehead atoms. The highest BCUT2D eigenvalue weighted by molar-refractivity contribution is 5.43. The van der Waals surface area contributed by atoms with Crippen LogP contribution in [0.25, 0.3) is 0 Å². The Labute approximate surface area is 76.5 Å². The molecule has 3 heteroatoms. The van der Waals surface area contributed by atoms with Gasteiger partial charge in [0.1, 0.15) is 11.6 Å². The summed E-state index contributed by atoms with van der Waals surface area (Å²) >= 11 is 0. The highest BCUT2D eigenvalue weighted by atomic mass is 19.1. The molecule has 0 atom stereocenters. The van der Waals surface area contributed by atoms with Crippen molar-refractivity contribution >= 4 is 0 Å². The maximum atomic E-state index is 13.3. The van der Waals surface area contributed by atoms with E-state index in [1.54, 1.807) is 6.07 Å². The van der Waals surface area contributed by atoms with Gasteiger partial charge >= 0.3 is 0 Å². The van der Waals surface area contributed by atoms with Gasteiger partial charge in [0.05, 0.1) is 6.61 Å². The Morgan fingerprint density at radius 1 is 1.46 bits per heavy atom. The van der Waals surface area contributed by atoms with Crippen molar-refractivity contribution in [3.8, 4) is 5.75 Å². The molecule has 1 heterocycles. The fourth-order valence-corrected chi connectivity index (χ4v) is 1.73. The maximum absolute atomic E-state index is 13.3. The van der Waals surface area contributed by atoms with Crippen molar-refractivity contribution in [2.45, 2.75) is 12.8 Å². The van der Waals surface area contributed by atoms with Crippen LogP contribution in [0, 0.1) is 5.82 Å². The number of nitrogens with two attached hydrogens (primary N) is 1. The van der Waals surface area contributed by atoms with Crippen LogP contribution < -0.4 is 10.5 Å². The summed E-state index contributed by atoms with van der Waals surface area (Å²) in [7, 11) is 0. The van der Waals surface area contributed by atoms with Crippen LogP contribution in [0.15, 0.2) is 12.1 Å². The van der Waals surface area contributed by atoms with E-state index >= 15 is 0 Å². The van der Waals surface area contributed by atoms with Crippen molar-refractivity contribution in [1.29, 1.82) is 0 Å². The number of rotatable bonds is 2. The zero-order chi connectivity index (χ0) is 9.26. The minimum atomic E-state index is -0.158. The topological polar surface area (TPSA) is 35.2 Å². The van der Waals surface area contributed by atoms with Crippen molar-refractivity contribution in [3.63, 3.8) is 0 Å². The summed E-state index contributed by atoms with van der Waals surface area (Å²) in [5, 5.41) is 0. The molecule has 2 rings (SSSR count). The van der Waals surface area contributed by atoms with Gasteiger partial charge in [0.2, 0.25) is 0 Å². The molecule has 1 aliphatic heterocycles. The van der Waals surface area contributed by atoms with Gasteiger partial charge in [-0.25, -0.2) is 4.39 Å². The molecule has 0 fully saturated rings. The van der Waals surface area contributed by atoms with E-state index in [9.17, 15) is 4.39 Å². The first-order valence-corrected chi connectivity index (χ1v) is 4.46. The summed E-state index contributed by atoms with van der Waals surface area (Å²) in [6, 6.07) is 3.15. The molecule has 0 unspecified atom stereocenters. The van der Waals surface area contributed by atoms with Crippen LogP contribution in [0.1, 0.15) is 11.1 Å². The third-order valence-electron chi connectivity index (χ3n) is 2.33. The second-order valence-electron chi connectivity index (χ2n) is 3.14. The van der Waals surface area contributed by atoms with Crippen LogP contribution >= 0.6 is 0 Å². The fourth-order valence-electron chi connectivity index (χ4n) is 1.73. The van der Waals surface area contributed by atoms with Crippen molar-refractivity contribution in [2.24, 2.45) is 5.73 Å². The van der Waals surface area contributed by atoms with Crippen LogP contribution in [0.3, 0.4) is 0 Å². The molecular formula is C10H12FNO. The summed E-state index contributed by atoms with van der Waals surface area (Å²) in [6.45, 7) is 1.14. The summed E-state index contributed by atoms with van der Waals surface area (Å²) in [4.78, 5) is 0. The quantitative estimate of drug-likeness (QED) is 0.745. The highest BCUT2D eigenvalue weighted by Crippen LogP contribution is 2.30. The largest absolute Gasteiger partial charge is 0.493 e. The smallest absolute Gasteiger partial charge is 0.126 e. The van der Waals surface area contributed by atoms with Gasteiger partial charge in [-0.15, -0.1) is 0 Å². The number of hydrogen-bond acceptors (Lipinski definition) is 2. The third-order valence-corrected chi connectivity index (χ3v) is 2.33. The first-order chi connectivity index (χ1) is 6.33. The molecular weight excluding hydrogens is 169 g/mol. The number of benzene rings is 1. The number of hydrogen-bond donors (Lipinski definition) is 1. The Bertz CT molecular complexity index is 325. The zero-order valence-electron chi connectivity index (χ0n) is 7.35. The standard InChI is InChI=1S/C10H12FNO/c11-9-1-2-10-8(4-6-13-10)7(9)3-5-12/h1-2H,3-6,12H2. The number of fused-ring (bicyclic) bond motifs is 1. The summed E-state index contributed by atoms with van der Waals surface area (Å²) in [5.41, 5.74) is 7.15. The average Bonchev–Trinajstić information content (AvgIpc) is 2.58. The Morgan fingerprint density at radius 2 is 2.31 bits per heavy atom. The Kier molecular flexibility index (Phi) is 2.19. The molecule has 0 aromatic heterocycles. The molecule has 0 saturated carbocycles. The predicted molar refractivity (Wildman–Crippen MR) is 48.4 cm³/mol. The molecule has 0 radical (unpaired) electrons. The van der Waals surface area contributed by atoms with Crippen molar-refractivity contribution in [2.75, 3.05) is 13.2 Å². The monoisotopic (exact) mass is 181 g/mol. The van der Waals surface area contributed by atoms with Crippen LogP contribution in [-0.4, -0.2) is 13.2 Å². The Morgan fingerprint density at radius 3 is 3.08 bits per heavy atom. The lowest BCUT2D eigenvalue weighted by atomic mass is 10.0. The van der Waals surface area contributed by atoms with Gasteiger partial charge in [-0.2, -0.15) is 0 Å². The first kappa shape index (κ1) is 8.51. The van der Waals surface area contributed by atoms with Gasteiger partial charge in [-0.05, 0) is 30.7 Å². The van der Waals surface area contributed by atoms with Gasteiger partial charge in [-0.3, -0.25) is 0 Å². The zero-order valence-corrected chi connectivity index (χ0v) is 7.35. The Hall–Kier alpha value is -1.09. The minimum absolute atomic E-state index is 0.158. The third kappa shape index (κ3) is 1.40. The molecule has 0 amide bonds. The first-order valence-electron chi connectivity index (χ1n) is 4.46. The second kappa shape index (κ2) is 3.34. The molecule has 70 valence electrons. The van der Waals surface area contributed by atoms with E-state index in [0.29, 0.717) is 19.6 Å². The summed E-state index contributed by atoms with van der Waals surface area (Å²) in [5.74, 6) is 0.666. The van der Waals surface area contributed by atoms with E-state index in [-0.39, 0.29) is 5.82 Å². The lowest BCUT2D eigenvalue weighted by Gasteiger charge is -2.06. The van der Waals surface area contributed by atoms with E-state index in [1.165, 1.54) is 6.07 Å². The number of ether oxygens (including phenoxy) is 1. The Balaban J connectivity index is 2.45. The van der Waals surface area contributed by atoms with Gasteiger partial charge < -0.3 is 10.5 Å². The lowest BCUT2D eigenvalue weighted by Crippen LogP contribution is -2.06. The highest BCUT2D eigenvalue weighted by Gasteiger charge is 2.18. The average molecular weight is 181 g/mol. The summed E-state index contributed by atoms with van der Waals surface area (Å²) < 4.78 is 18.7. The SMILES string of the molecule is NCCc1c(F)ccc2c1CCO2. The maximum Gasteiger partial charge on any atom is 0.126 e. The molecule has 1 aromatic carbocycles. The van der Waals surface area contributed by atoms with E-state index in [0.717, 1.165) is 23.3 Å². The van der Waals surface area contributed by atoms with E-state index in [2.05, 4.69) is 0 Å². The van der Waals surface area contributed by atoms with Crippen LogP contribution in [-0.2, 0) is 12.8 Å². The van der Waals surface area contributed by atoms with Gasteiger partial charge in [0.15, 0.2) is 0 Å². The summed E-state index contributed by atoms with van der Waals surface area (Å²) in [6.07, 6.45) is 1.40. The second-order valence-corrected chi connectivity index (χ2v) is 3.14. The normalized spacial score (nSPS) is 14.0. The van der Waals surface area contributed by atoms with Crippen LogP contribution in [0.2, 0.25) is 0 Å². The predicted octanol–water partition coefficient (Wildman–Crippen LogP) is 1.26. The minimum Gasteiger partial charge on any atom is -0.493 e. The molecule has 1 aromatic rings. The van der Waals surface area contributed by atoms with Gasteiger partial charge in [0.25, 0.3) is 0 Å². The van der Waals surface area contributed by atoms with Crippen molar-refractivity contribution < 1.29 is 9.13 Å². The molecule has 0 spiro atoms. The molecule has 2 N–H and O–H groups in total. The molecule has 0 saturated heterocycles. The van der Waals surface area contributed by atoms with E-state index < -0.39 is 0 Å². The number of halogens is 1. The van der Waals surface area contributed by atoms with Crippen LogP contribution in [0.5, 0.6) is 5.75 Å². The van der Waals surface area contributed by atoms with E-state index in [4.69, 9.17) is 10.5 Å². The molecule has 0 aliphatic carbocycles. The van der Waals surface area contributed by atoms with Gasteiger partial charge in [-0.1, -0.05) is 0 Å². The van der Waals surface area contributed by atoms with Crippen molar-refractivity contribution in [1.82, 2.24) is 0 Å². The van der Waals surface area contributed by atoms with Crippen molar-refractivity contribution in [3.05, 3.63) is 29.1 Å². The fraction of sp³-hybridized carbons (Fsp3) is 0.400. The van der Waals surface area contributed by atoms with Gasteiger partial charge in [0, 0.05) is 12.0 Å². The lowest BCUT2D eigenvalue weighted by molar-refractivity contribution is 0.356.